The van der Waals surface area contributed by atoms with Crippen LogP contribution in [0.5, 0.6) is 0 Å². The molecular weight excluding hydrogens is 218 g/mol. The van der Waals surface area contributed by atoms with E-state index < -0.39 is 0 Å². The molecule has 0 aliphatic carbocycles. The minimum absolute atomic E-state index is 1.02. The number of hydrogen-bond donors (Lipinski definition) is 0. The summed E-state index contributed by atoms with van der Waals surface area (Å²) >= 11 is 0. The molecule has 1 heteroatoms. The molecule has 0 aliphatic rings. The Bertz CT molecular complexity index is 719. The normalized spacial score (nSPS) is 11.5. The molecule has 0 saturated carbocycles. The van der Waals surface area contributed by atoms with Crippen LogP contribution in [-0.4, -0.2) is 4.57 Å². The molecule has 3 aromatic rings. The highest BCUT2D eigenvalue weighted by atomic mass is 15.0. The highest BCUT2D eigenvalue weighted by Gasteiger charge is 2.12. The third-order valence-electron chi connectivity index (χ3n) is 3.80. The number of para-hydroxylation sites is 1. The smallest absolute Gasteiger partial charge is 0.0496 e. The number of benzene rings is 2. The van der Waals surface area contributed by atoms with E-state index in [0.29, 0.717) is 0 Å². The van der Waals surface area contributed by atoms with Gasteiger partial charge in [0.05, 0.1) is 0 Å². The Kier molecular flexibility index (Phi) is 2.62. The molecule has 0 spiro atoms. The summed E-state index contributed by atoms with van der Waals surface area (Å²) in [5.74, 6) is 0. The maximum Gasteiger partial charge on any atom is 0.0496 e. The molecule has 0 unspecified atom stereocenters. The zero-order valence-corrected chi connectivity index (χ0v) is 11.3. The average molecular weight is 237 g/mol. The van der Waals surface area contributed by atoms with Gasteiger partial charge < -0.3 is 4.57 Å². The lowest BCUT2D eigenvalue weighted by molar-refractivity contribution is 0.826. The van der Waals surface area contributed by atoms with Crippen LogP contribution in [0.25, 0.3) is 21.8 Å². The molecule has 1 aromatic heterocycles. The summed E-state index contributed by atoms with van der Waals surface area (Å²) in [6.07, 6.45) is 1.09. The zero-order chi connectivity index (χ0) is 12.7. The van der Waals surface area contributed by atoms with Crippen molar-refractivity contribution in [3.8, 4) is 0 Å². The number of aromatic nitrogens is 1. The van der Waals surface area contributed by atoms with Gasteiger partial charge in [-0.2, -0.15) is 0 Å². The average Bonchev–Trinajstić information content (AvgIpc) is 2.71. The van der Waals surface area contributed by atoms with Gasteiger partial charge in [-0.3, -0.25) is 0 Å². The molecule has 0 bridgehead atoms. The lowest BCUT2D eigenvalue weighted by atomic mass is 10.0. The van der Waals surface area contributed by atoms with E-state index in [1.807, 2.05) is 0 Å². The minimum Gasteiger partial charge on any atom is -0.341 e. The van der Waals surface area contributed by atoms with Gasteiger partial charge >= 0.3 is 0 Å². The van der Waals surface area contributed by atoms with Crippen molar-refractivity contribution in [2.45, 2.75) is 33.7 Å². The Morgan fingerprint density at radius 1 is 1.00 bits per heavy atom. The standard InChI is InChI=1S/C17H19N/c1-4-13-10-12(3)11-16-17(13)14-8-6-7-9-15(14)18(16)5-2/h6-11H,4-5H2,1-3H3. The van der Waals surface area contributed by atoms with E-state index in [0.717, 1.165) is 13.0 Å². The monoisotopic (exact) mass is 237 g/mol. The lowest BCUT2D eigenvalue weighted by Gasteiger charge is -2.06. The number of nitrogens with zero attached hydrogens (tertiary/aromatic N) is 1. The predicted octanol–water partition coefficient (Wildman–Crippen LogP) is 4.69. The van der Waals surface area contributed by atoms with Gasteiger partial charge in [-0.1, -0.05) is 31.2 Å². The Balaban J connectivity index is 2.59. The Morgan fingerprint density at radius 2 is 1.78 bits per heavy atom. The van der Waals surface area contributed by atoms with Crippen molar-refractivity contribution in [2.24, 2.45) is 0 Å². The molecule has 0 atom stereocenters. The van der Waals surface area contributed by atoms with Gasteiger partial charge in [-0.25, -0.2) is 0 Å². The molecule has 1 heterocycles. The van der Waals surface area contributed by atoms with E-state index in [1.54, 1.807) is 0 Å². The third kappa shape index (κ3) is 1.47. The first-order valence-corrected chi connectivity index (χ1v) is 6.76. The van der Waals surface area contributed by atoms with Gasteiger partial charge in [0.2, 0.25) is 0 Å². The quantitative estimate of drug-likeness (QED) is 0.609. The fourth-order valence-corrected chi connectivity index (χ4v) is 3.03. The highest BCUT2D eigenvalue weighted by molar-refractivity contribution is 6.09. The van der Waals surface area contributed by atoms with Crippen LogP contribution in [0, 0.1) is 6.92 Å². The third-order valence-corrected chi connectivity index (χ3v) is 3.80. The first-order chi connectivity index (χ1) is 8.76. The van der Waals surface area contributed by atoms with Crippen LogP contribution >= 0.6 is 0 Å². The molecule has 92 valence electrons. The molecule has 0 amide bonds. The maximum absolute atomic E-state index is 2.43. The summed E-state index contributed by atoms with van der Waals surface area (Å²) in [5.41, 5.74) is 5.57. The van der Waals surface area contributed by atoms with Gasteiger partial charge in [-0.15, -0.1) is 0 Å². The van der Waals surface area contributed by atoms with E-state index in [2.05, 4.69) is 61.7 Å². The van der Waals surface area contributed by atoms with Crippen LogP contribution in [0.2, 0.25) is 0 Å². The Labute approximate surface area is 108 Å². The maximum atomic E-state index is 2.43. The van der Waals surface area contributed by atoms with Crippen LogP contribution < -0.4 is 0 Å². The van der Waals surface area contributed by atoms with E-state index in [1.165, 1.54) is 32.9 Å². The van der Waals surface area contributed by atoms with E-state index in [-0.39, 0.29) is 0 Å². The Hall–Kier alpha value is -1.76. The second-order valence-electron chi connectivity index (χ2n) is 4.93. The second kappa shape index (κ2) is 4.16. The van der Waals surface area contributed by atoms with Crippen LogP contribution in [-0.2, 0) is 13.0 Å². The van der Waals surface area contributed by atoms with Crippen molar-refractivity contribution < 1.29 is 0 Å². The van der Waals surface area contributed by atoms with Gasteiger partial charge in [0.15, 0.2) is 0 Å². The van der Waals surface area contributed by atoms with Crippen molar-refractivity contribution in [1.82, 2.24) is 4.57 Å². The van der Waals surface area contributed by atoms with Gasteiger partial charge in [0.1, 0.15) is 0 Å². The van der Waals surface area contributed by atoms with Crippen LogP contribution in [0.4, 0.5) is 0 Å². The van der Waals surface area contributed by atoms with E-state index >= 15 is 0 Å². The summed E-state index contributed by atoms with van der Waals surface area (Å²) in [4.78, 5) is 0. The summed E-state index contributed by atoms with van der Waals surface area (Å²) < 4.78 is 2.43. The Morgan fingerprint density at radius 3 is 2.50 bits per heavy atom. The van der Waals surface area contributed by atoms with E-state index in [9.17, 15) is 0 Å². The van der Waals surface area contributed by atoms with Crippen LogP contribution in [0.15, 0.2) is 36.4 Å². The largest absolute Gasteiger partial charge is 0.341 e. The molecule has 0 radical (unpaired) electrons. The second-order valence-corrected chi connectivity index (χ2v) is 4.93. The van der Waals surface area contributed by atoms with Crippen LogP contribution in [0.3, 0.4) is 0 Å². The lowest BCUT2D eigenvalue weighted by Crippen LogP contribution is -1.94. The molecule has 0 saturated heterocycles. The SMILES string of the molecule is CCc1cc(C)cc2c1c1ccccc1n2CC. The summed E-state index contributed by atoms with van der Waals surface area (Å²) in [5, 5.41) is 2.84. The van der Waals surface area contributed by atoms with Gasteiger partial charge in [-0.05, 0) is 43.5 Å². The summed E-state index contributed by atoms with van der Waals surface area (Å²) in [6.45, 7) is 7.68. The van der Waals surface area contributed by atoms with Gasteiger partial charge in [0, 0.05) is 28.4 Å². The van der Waals surface area contributed by atoms with Crippen molar-refractivity contribution in [2.75, 3.05) is 0 Å². The zero-order valence-electron chi connectivity index (χ0n) is 11.3. The van der Waals surface area contributed by atoms with Crippen molar-refractivity contribution in [3.63, 3.8) is 0 Å². The molecule has 2 aromatic carbocycles. The van der Waals surface area contributed by atoms with Crippen molar-refractivity contribution >= 4 is 21.8 Å². The molecular formula is C17H19N. The van der Waals surface area contributed by atoms with Gasteiger partial charge in [0.25, 0.3) is 0 Å². The minimum atomic E-state index is 1.02. The summed E-state index contributed by atoms with van der Waals surface area (Å²) in [6, 6.07) is 13.4. The highest BCUT2D eigenvalue weighted by Crippen LogP contribution is 2.32. The summed E-state index contributed by atoms with van der Waals surface area (Å²) in [7, 11) is 0. The topological polar surface area (TPSA) is 4.93 Å². The number of fused-ring (bicyclic) bond motifs is 3. The van der Waals surface area contributed by atoms with Crippen LogP contribution in [0.1, 0.15) is 25.0 Å². The van der Waals surface area contributed by atoms with Crippen molar-refractivity contribution in [1.29, 1.82) is 0 Å². The predicted molar refractivity (Wildman–Crippen MR) is 79.2 cm³/mol. The number of rotatable bonds is 2. The number of aryl methyl sites for hydroxylation is 3. The fourth-order valence-electron chi connectivity index (χ4n) is 3.03. The molecule has 0 fully saturated rings. The number of hydrogen-bond acceptors (Lipinski definition) is 0. The molecule has 0 N–H and O–H groups in total. The molecule has 1 nitrogen and oxygen atoms in total. The first-order valence-electron chi connectivity index (χ1n) is 6.76. The fraction of sp³-hybridized carbons (Fsp3) is 0.294. The molecule has 0 aliphatic heterocycles. The first kappa shape index (κ1) is 11.3. The van der Waals surface area contributed by atoms with Crippen molar-refractivity contribution in [3.05, 3.63) is 47.5 Å². The van der Waals surface area contributed by atoms with E-state index in [4.69, 9.17) is 0 Å². The molecule has 18 heavy (non-hydrogen) atoms. The molecule has 3 rings (SSSR count).